The summed E-state index contributed by atoms with van der Waals surface area (Å²) in [5.74, 6) is 1.55. The van der Waals surface area contributed by atoms with E-state index in [1.165, 1.54) is 18.2 Å². The van der Waals surface area contributed by atoms with Gasteiger partial charge in [0.15, 0.2) is 0 Å². The summed E-state index contributed by atoms with van der Waals surface area (Å²) in [5.41, 5.74) is -0.483. The molecule has 27 heavy (non-hydrogen) atoms. The van der Waals surface area contributed by atoms with Crippen molar-refractivity contribution < 1.29 is 23.9 Å². The average molecular weight is 374 g/mol. The van der Waals surface area contributed by atoms with Crippen molar-refractivity contribution in [2.75, 3.05) is 7.11 Å². The summed E-state index contributed by atoms with van der Waals surface area (Å²) in [6.45, 7) is 5.13. The summed E-state index contributed by atoms with van der Waals surface area (Å²) in [4.78, 5) is 22.6. The predicted molar refractivity (Wildman–Crippen MR) is 99.2 cm³/mol. The van der Waals surface area contributed by atoms with Crippen LogP contribution in [0.15, 0.2) is 42.5 Å². The molecule has 2 rings (SSSR count). The molecule has 8 heteroatoms. The number of ether oxygens (including phenoxy) is 3. The van der Waals surface area contributed by atoms with Gasteiger partial charge in [0.2, 0.25) is 0 Å². The first-order valence-electron chi connectivity index (χ1n) is 8.24. The number of benzene rings is 2. The standard InChI is InChI=1S/C19H22N2O6/c1-19(2,3)27-18(22)20-12-13-10-16(8-9-17(13)21(23)24)26-15-7-5-6-14(11-15)25-4/h5-11H,12H2,1-4H3,(H,20,22). The molecule has 0 radical (unpaired) electrons. The van der Waals surface area contributed by atoms with Crippen molar-refractivity contribution >= 4 is 11.8 Å². The Bertz CT molecular complexity index is 829. The molecular formula is C19H22N2O6. The van der Waals surface area contributed by atoms with E-state index in [-0.39, 0.29) is 12.2 Å². The Morgan fingerprint density at radius 2 is 1.78 bits per heavy atom. The fraction of sp³-hybridized carbons (Fsp3) is 0.316. The van der Waals surface area contributed by atoms with Gasteiger partial charge in [0.25, 0.3) is 5.69 Å². The number of carbonyl (C=O) groups is 1. The van der Waals surface area contributed by atoms with Gasteiger partial charge in [0.1, 0.15) is 22.8 Å². The van der Waals surface area contributed by atoms with Gasteiger partial charge >= 0.3 is 6.09 Å². The topological polar surface area (TPSA) is 99.9 Å². The number of methoxy groups -OCH3 is 1. The van der Waals surface area contributed by atoms with Crippen molar-refractivity contribution in [3.05, 3.63) is 58.1 Å². The van der Waals surface area contributed by atoms with Crippen LogP contribution in [0.1, 0.15) is 26.3 Å². The molecule has 1 amide bonds. The lowest BCUT2D eigenvalue weighted by Gasteiger charge is -2.19. The van der Waals surface area contributed by atoms with Gasteiger partial charge in [-0.2, -0.15) is 0 Å². The maximum Gasteiger partial charge on any atom is 0.407 e. The molecular weight excluding hydrogens is 352 g/mol. The van der Waals surface area contributed by atoms with Crippen LogP contribution < -0.4 is 14.8 Å². The number of rotatable bonds is 6. The third kappa shape index (κ3) is 6.18. The lowest BCUT2D eigenvalue weighted by Crippen LogP contribution is -2.32. The van der Waals surface area contributed by atoms with Crippen molar-refractivity contribution in [1.82, 2.24) is 5.32 Å². The minimum atomic E-state index is -0.659. The minimum Gasteiger partial charge on any atom is -0.497 e. The van der Waals surface area contributed by atoms with Crippen LogP contribution in [0.4, 0.5) is 10.5 Å². The Labute approximate surface area is 157 Å². The number of hydrogen-bond donors (Lipinski definition) is 1. The molecule has 1 N–H and O–H groups in total. The smallest absolute Gasteiger partial charge is 0.407 e. The van der Waals surface area contributed by atoms with Gasteiger partial charge in [-0.25, -0.2) is 4.79 Å². The number of nitro groups is 1. The third-order valence-corrected chi connectivity index (χ3v) is 3.35. The third-order valence-electron chi connectivity index (χ3n) is 3.35. The van der Waals surface area contributed by atoms with E-state index in [9.17, 15) is 14.9 Å². The van der Waals surface area contributed by atoms with Gasteiger partial charge in [-0.1, -0.05) is 6.07 Å². The fourth-order valence-corrected chi connectivity index (χ4v) is 2.23. The number of amides is 1. The van der Waals surface area contributed by atoms with Crippen LogP contribution in [0.5, 0.6) is 17.2 Å². The summed E-state index contributed by atoms with van der Waals surface area (Å²) in [6.07, 6.45) is -0.657. The van der Waals surface area contributed by atoms with E-state index in [2.05, 4.69) is 5.32 Å². The molecule has 0 aromatic heterocycles. The Balaban J connectivity index is 2.18. The zero-order valence-electron chi connectivity index (χ0n) is 15.6. The van der Waals surface area contributed by atoms with Crippen LogP contribution in [0.2, 0.25) is 0 Å². The van der Waals surface area contributed by atoms with E-state index < -0.39 is 16.6 Å². The zero-order chi connectivity index (χ0) is 20.0. The molecule has 0 atom stereocenters. The quantitative estimate of drug-likeness (QED) is 0.593. The van der Waals surface area contributed by atoms with E-state index in [0.29, 0.717) is 22.8 Å². The first kappa shape index (κ1) is 20.0. The lowest BCUT2D eigenvalue weighted by molar-refractivity contribution is -0.385. The Morgan fingerprint density at radius 3 is 2.41 bits per heavy atom. The van der Waals surface area contributed by atoms with Gasteiger partial charge < -0.3 is 19.5 Å². The molecule has 0 saturated heterocycles. The van der Waals surface area contributed by atoms with Crippen molar-refractivity contribution in [3.63, 3.8) is 0 Å². The van der Waals surface area contributed by atoms with Crippen molar-refractivity contribution in [2.45, 2.75) is 32.9 Å². The minimum absolute atomic E-state index is 0.0689. The Morgan fingerprint density at radius 1 is 1.11 bits per heavy atom. The Hall–Kier alpha value is -3.29. The summed E-state index contributed by atoms with van der Waals surface area (Å²) in [6, 6.07) is 11.3. The summed E-state index contributed by atoms with van der Waals surface area (Å²) < 4.78 is 16.0. The molecule has 0 heterocycles. The molecule has 0 aliphatic heterocycles. The molecule has 0 fully saturated rings. The van der Waals surface area contributed by atoms with Crippen LogP contribution in [0.25, 0.3) is 0 Å². The molecule has 0 bridgehead atoms. The summed E-state index contributed by atoms with van der Waals surface area (Å²) >= 11 is 0. The number of nitro benzene ring substituents is 1. The predicted octanol–water partition coefficient (Wildman–Crippen LogP) is 4.42. The van der Waals surface area contributed by atoms with E-state index >= 15 is 0 Å². The molecule has 0 unspecified atom stereocenters. The number of hydrogen-bond acceptors (Lipinski definition) is 6. The van der Waals surface area contributed by atoms with E-state index in [0.717, 1.165) is 0 Å². The van der Waals surface area contributed by atoms with Crippen molar-refractivity contribution in [1.29, 1.82) is 0 Å². The highest BCUT2D eigenvalue weighted by molar-refractivity contribution is 5.68. The van der Waals surface area contributed by atoms with Crippen LogP contribution >= 0.6 is 0 Å². The number of nitrogens with zero attached hydrogens (tertiary/aromatic N) is 1. The maximum atomic E-state index is 11.8. The second-order valence-electron chi connectivity index (χ2n) is 6.68. The molecule has 8 nitrogen and oxygen atoms in total. The van der Waals surface area contributed by atoms with Crippen LogP contribution in [-0.2, 0) is 11.3 Å². The van der Waals surface area contributed by atoms with Gasteiger partial charge in [-0.15, -0.1) is 0 Å². The zero-order valence-corrected chi connectivity index (χ0v) is 15.6. The van der Waals surface area contributed by atoms with E-state index in [1.54, 1.807) is 52.1 Å². The molecule has 2 aromatic rings. The van der Waals surface area contributed by atoms with Crippen LogP contribution in [0.3, 0.4) is 0 Å². The van der Waals surface area contributed by atoms with Crippen molar-refractivity contribution in [3.8, 4) is 17.2 Å². The lowest BCUT2D eigenvalue weighted by atomic mass is 10.1. The number of nitrogens with one attached hydrogen (secondary N) is 1. The maximum absolute atomic E-state index is 11.8. The highest BCUT2D eigenvalue weighted by atomic mass is 16.6. The highest BCUT2D eigenvalue weighted by Crippen LogP contribution is 2.29. The SMILES string of the molecule is COc1cccc(Oc2ccc([N+](=O)[O-])c(CNC(=O)OC(C)(C)C)c2)c1. The Kier molecular flexibility index (Phi) is 6.23. The summed E-state index contributed by atoms with van der Waals surface area (Å²) in [7, 11) is 1.55. The van der Waals surface area contributed by atoms with Crippen LogP contribution in [-0.4, -0.2) is 23.7 Å². The highest BCUT2D eigenvalue weighted by Gasteiger charge is 2.19. The second kappa shape index (κ2) is 8.39. The van der Waals surface area contributed by atoms with Crippen molar-refractivity contribution in [2.24, 2.45) is 0 Å². The van der Waals surface area contributed by atoms with Gasteiger partial charge in [-0.05, 0) is 45.0 Å². The van der Waals surface area contributed by atoms with Crippen LogP contribution in [0, 0.1) is 10.1 Å². The molecule has 2 aromatic carbocycles. The largest absolute Gasteiger partial charge is 0.497 e. The van der Waals surface area contributed by atoms with Gasteiger partial charge in [-0.3, -0.25) is 10.1 Å². The van der Waals surface area contributed by atoms with Gasteiger partial charge in [0.05, 0.1) is 24.1 Å². The molecule has 0 aliphatic rings. The fourth-order valence-electron chi connectivity index (χ4n) is 2.23. The number of carbonyl (C=O) groups excluding carboxylic acids is 1. The summed E-state index contributed by atoms with van der Waals surface area (Å²) in [5, 5.41) is 13.8. The number of alkyl carbamates (subject to hydrolysis) is 1. The second-order valence-corrected chi connectivity index (χ2v) is 6.68. The van der Waals surface area contributed by atoms with E-state index in [4.69, 9.17) is 14.2 Å². The van der Waals surface area contributed by atoms with Gasteiger partial charge in [0, 0.05) is 12.1 Å². The first-order valence-corrected chi connectivity index (χ1v) is 8.24. The molecule has 0 saturated carbocycles. The molecule has 0 spiro atoms. The average Bonchev–Trinajstić information content (AvgIpc) is 2.58. The monoisotopic (exact) mass is 374 g/mol. The molecule has 144 valence electrons. The molecule has 0 aliphatic carbocycles. The van der Waals surface area contributed by atoms with E-state index in [1.807, 2.05) is 0 Å². The first-order chi connectivity index (χ1) is 12.7. The normalized spacial score (nSPS) is 10.8.